The van der Waals surface area contributed by atoms with Gasteiger partial charge in [-0.15, -0.1) is 0 Å². The molecule has 0 aliphatic carbocycles. The van der Waals surface area contributed by atoms with Gasteiger partial charge in [0.2, 0.25) is 0 Å². The molecule has 0 atom stereocenters. The molecule has 0 aliphatic heterocycles. The first kappa shape index (κ1) is 20.3. The van der Waals surface area contributed by atoms with Crippen molar-refractivity contribution in [2.45, 2.75) is 24.8 Å². The fourth-order valence-electron chi connectivity index (χ4n) is 2.09. The van der Waals surface area contributed by atoms with Gasteiger partial charge in [-0.1, -0.05) is 11.6 Å². The number of sulfonamides is 1. The zero-order valence-corrected chi connectivity index (χ0v) is 16.9. The summed E-state index contributed by atoms with van der Waals surface area (Å²) in [5.41, 5.74) is 0.917. The van der Waals surface area contributed by atoms with Crippen LogP contribution in [0.4, 0.5) is 11.4 Å². The summed E-state index contributed by atoms with van der Waals surface area (Å²) in [4.78, 5) is -0.0488. The molecule has 0 aromatic heterocycles. The summed E-state index contributed by atoms with van der Waals surface area (Å²) in [6.45, 7) is 3.90. The second-order valence-corrected chi connectivity index (χ2v) is 8.20. The first-order valence-corrected chi connectivity index (χ1v) is 10.0. The fraction of sp³-hybridized carbons (Fsp3) is 0.235. The Kier molecular flexibility index (Phi) is 6.69. The van der Waals surface area contributed by atoms with Gasteiger partial charge in [-0.05, 0) is 68.5 Å². The summed E-state index contributed by atoms with van der Waals surface area (Å²) in [7, 11) is -2.33. The number of methoxy groups -OCH3 is 1. The van der Waals surface area contributed by atoms with Gasteiger partial charge in [-0.25, -0.2) is 8.42 Å². The van der Waals surface area contributed by atoms with E-state index >= 15 is 0 Å². The second-order valence-electron chi connectivity index (χ2n) is 5.73. The fourth-order valence-corrected chi connectivity index (χ4v) is 4.02. The molecule has 0 aliphatic rings. The van der Waals surface area contributed by atoms with Gasteiger partial charge < -0.3 is 15.4 Å². The Hall–Kier alpha value is -2.03. The van der Waals surface area contributed by atoms with E-state index in [1.54, 1.807) is 30.3 Å². The van der Waals surface area contributed by atoms with Crippen molar-refractivity contribution in [1.82, 2.24) is 5.32 Å². The minimum absolute atomic E-state index is 0.0488. The summed E-state index contributed by atoms with van der Waals surface area (Å²) in [6.07, 6.45) is 0. The normalized spacial score (nSPS) is 11.1. The third kappa shape index (κ3) is 5.48. The number of halogens is 1. The minimum Gasteiger partial charge on any atom is -0.497 e. The Morgan fingerprint density at radius 3 is 2.31 bits per heavy atom. The lowest BCUT2D eigenvalue weighted by molar-refractivity contribution is 0.415. The maximum atomic E-state index is 12.7. The average Bonchev–Trinajstić information content (AvgIpc) is 2.56. The van der Waals surface area contributed by atoms with Crippen molar-refractivity contribution in [3.8, 4) is 5.75 Å². The van der Waals surface area contributed by atoms with Crippen LogP contribution >= 0.6 is 23.8 Å². The van der Waals surface area contributed by atoms with Crippen molar-refractivity contribution in [2.75, 3.05) is 17.1 Å². The maximum absolute atomic E-state index is 12.7. The third-order valence-corrected chi connectivity index (χ3v) is 5.32. The van der Waals surface area contributed by atoms with Crippen molar-refractivity contribution >= 4 is 50.3 Å². The molecule has 0 fully saturated rings. The van der Waals surface area contributed by atoms with Crippen LogP contribution in [0.1, 0.15) is 13.8 Å². The molecule has 9 heteroatoms. The van der Waals surface area contributed by atoms with Crippen molar-refractivity contribution in [3.63, 3.8) is 0 Å². The molecule has 0 spiro atoms. The van der Waals surface area contributed by atoms with Crippen LogP contribution in [0.3, 0.4) is 0 Å². The van der Waals surface area contributed by atoms with E-state index in [9.17, 15) is 8.42 Å². The maximum Gasteiger partial charge on any atom is 0.263 e. The number of thiocarbonyl (C=S) groups is 1. The number of nitrogens with one attached hydrogen (secondary N) is 3. The highest BCUT2D eigenvalue weighted by Gasteiger charge is 2.19. The van der Waals surface area contributed by atoms with Crippen LogP contribution in [-0.4, -0.2) is 26.7 Å². The summed E-state index contributed by atoms with van der Waals surface area (Å²) in [6, 6.07) is 11.3. The van der Waals surface area contributed by atoms with Gasteiger partial charge in [-0.2, -0.15) is 0 Å². The summed E-state index contributed by atoms with van der Waals surface area (Å²) < 4.78 is 32.9. The Morgan fingerprint density at radius 1 is 1.12 bits per heavy atom. The molecular weight excluding hydrogens is 394 g/mol. The molecule has 3 N–H and O–H groups in total. The average molecular weight is 414 g/mol. The van der Waals surface area contributed by atoms with Crippen LogP contribution in [-0.2, 0) is 10.0 Å². The highest BCUT2D eigenvalue weighted by Crippen LogP contribution is 2.27. The number of ether oxygens (including phenoxy) is 1. The lowest BCUT2D eigenvalue weighted by atomic mass is 10.3. The third-order valence-electron chi connectivity index (χ3n) is 3.24. The SMILES string of the molecule is COc1ccc(NS(=O)(=O)c2cc(NC(=S)NC(C)C)ccc2Cl)cc1. The van der Waals surface area contributed by atoms with Crippen molar-refractivity contribution in [2.24, 2.45) is 0 Å². The van der Waals surface area contributed by atoms with Gasteiger partial charge in [0.1, 0.15) is 10.6 Å². The highest BCUT2D eigenvalue weighted by atomic mass is 35.5. The van der Waals surface area contributed by atoms with E-state index in [2.05, 4.69) is 15.4 Å². The predicted molar refractivity (Wildman–Crippen MR) is 110 cm³/mol. The largest absolute Gasteiger partial charge is 0.497 e. The monoisotopic (exact) mass is 413 g/mol. The van der Waals surface area contributed by atoms with E-state index in [1.807, 2.05) is 13.8 Å². The molecule has 26 heavy (non-hydrogen) atoms. The van der Waals surface area contributed by atoms with Gasteiger partial charge >= 0.3 is 0 Å². The van der Waals surface area contributed by atoms with Crippen molar-refractivity contribution < 1.29 is 13.2 Å². The first-order valence-electron chi connectivity index (χ1n) is 7.75. The highest BCUT2D eigenvalue weighted by molar-refractivity contribution is 7.92. The van der Waals surface area contributed by atoms with E-state index in [4.69, 9.17) is 28.6 Å². The van der Waals surface area contributed by atoms with Crippen LogP contribution in [0.5, 0.6) is 5.75 Å². The molecule has 0 radical (unpaired) electrons. The van der Waals surface area contributed by atoms with Crippen molar-refractivity contribution in [1.29, 1.82) is 0 Å². The summed E-state index contributed by atoms with van der Waals surface area (Å²) in [5.74, 6) is 0.628. The molecule has 0 saturated heterocycles. The molecule has 0 amide bonds. The summed E-state index contributed by atoms with van der Waals surface area (Å²) >= 11 is 11.3. The number of hydrogen-bond donors (Lipinski definition) is 3. The van der Waals surface area contributed by atoms with Crippen LogP contribution in [0.2, 0.25) is 5.02 Å². The summed E-state index contributed by atoms with van der Waals surface area (Å²) in [5, 5.41) is 6.48. The van der Waals surface area contributed by atoms with Gasteiger partial charge in [-0.3, -0.25) is 4.72 Å². The molecule has 0 bridgehead atoms. The molecule has 0 saturated carbocycles. The molecule has 2 rings (SSSR count). The molecular formula is C17H20ClN3O3S2. The van der Waals surface area contributed by atoms with E-state index in [1.165, 1.54) is 19.2 Å². The van der Waals surface area contributed by atoms with Crippen LogP contribution in [0.15, 0.2) is 47.4 Å². The second kappa shape index (κ2) is 8.57. The number of hydrogen-bond acceptors (Lipinski definition) is 4. The van der Waals surface area contributed by atoms with Gasteiger partial charge in [0.25, 0.3) is 10.0 Å². The minimum atomic E-state index is -3.87. The molecule has 6 nitrogen and oxygen atoms in total. The Balaban J connectivity index is 2.24. The van der Waals surface area contributed by atoms with Gasteiger partial charge in [0.15, 0.2) is 5.11 Å². The number of anilines is 2. The molecule has 2 aromatic carbocycles. The lowest BCUT2D eigenvalue weighted by Gasteiger charge is -2.15. The zero-order chi connectivity index (χ0) is 19.3. The standard InChI is InChI=1S/C17H20ClN3O3S2/c1-11(2)19-17(25)20-13-6-9-15(18)16(10-13)26(22,23)21-12-4-7-14(24-3)8-5-12/h4-11,21H,1-3H3,(H2,19,20,25). The van der Waals surface area contributed by atoms with E-state index in [-0.39, 0.29) is 16.0 Å². The Labute approximate surface area is 163 Å². The van der Waals surface area contributed by atoms with Crippen LogP contribution < -0.4 is 20.1 Å². The smallest absolute Gasteiger partial charge is 0.263 e. The Bertz CT molecular complexity index is 885. The topological polar surface area (TPSA) is 79.5 Å². The lowest BCUT2D eigenvalue weighted by Crippen LogP contribution is -2.33. The molecule has 140 valence electrons. The van der Waals surface area contributed by atoms with E-state index in [0.717, 1.165) is 0 Å². The predicted octanol–water partition coefficient (Wildman–Crippen LogP) is 3.84. The molecule has 0 unspecified atom stereocenters. The first-order chi connectivity index (χ1) is 12.2. The molecule has 2 aromatic rings. The number of rotatable bonds is 6. The van der Waals surface area contributed by atoms with Crippen LogP contribution in [0, 0.1) is 0 Å². The zero-order valence-electron chi connectivity index (χ0n) is 14.5. The molecule has 0 heterocycles. The van der Waals surface area contributed by atoms with Gasteiger partial charge in [0, 0.05) is 17.4 Å². The Morgan fingerprint density at radius 2 is 1.73 bits per heavy atom. The van der Waals surface area contributed by atoms with Crippen molar-refractivity contribution in [3.05, 3.63) is 47.5 Å². The quantitative estimate of drug-likeness (QED) is 0.624. The van der Waals surface area contributed by atoms with E-state index in [0.29, 0.717) is 22.2 Å². The van der Waals surface area contributed by atoms with Crippen LogP contribution in [0.25, 0.3) is 0 Å². The van der Waals surface area contributed by atoms with Gasteiger partial charge in [0.05, 0.1) is 12.1 Å². The van der Waals surface area contributed by atoms with E-state index < -0.39 is 10.0 Å². The number of benzene rings is 2.